The number of hydrogen-bond donors (Lipinski definition) is 1. The average molecular weight is 526 g/mol. The fourth-order valence-corrected chi connectivity index (χ4v) is 4.63. The number of benzene rings is 2. The molecule has 9 nitrogen and oxygen atoms in total. The summed E-state index contributed by atoms with van der Waals surface area (Å²) < 4.78 is 3.09. The zero-order valence-electron chi connectivity index (χ0n) is 21.7. The van der Waals surface area contributed by atoms with Gasteiger partial charge in [0.25, 0.3) is 11.5 Å². The summed E-state index contributed by atoms with van der Waals surface area (Å²) in [7, 11) is 0. The van der Waals surface area contributed by atoms with Crippen molar-refractivity contribution in [1.82, 2.24) is 34.4 Å². The highest BCUT2D eigenvalue weighted by Gasteiger charge is 2.24. The molecule has 1 atom stereocenters. The number of aromatic nitrogens is 6. The molecule has 1 N–H and O–H groups in total. The molecule has 0 radical (unpaired) electrons. The maximum absolute atomic E-state index is 14.1. The van der Waals surface area contributed by atoms with E-state index >= 15 is 0 Å². The van der Waals surface area contributed by atoms with Crippen molar-refractivity contribution in [2.24, 2.45) is 0 Å². The Hall–Kier alpha value is -5.62. The minimum atomic E-state index is -0.633. The van der Waals surface area contributed by atoms with E-state index in [0.29, 0.717) is 50.6 Å². The fourth-order valence-electron chi connectivity index (χ4n) is 4.63. The van der Waals surface area contributed by atoms with E-state index in [2.05, 4.69) is 32.2 Å². The third-order valence-corrected chi connectivity index (χ3v) is 6.46. The van der Waals surface area contributed by atoms with Crippen molar-refractivity contribution >= 4 is 22.5 Å². The molecule has 0 bridgehead atoms. The van der Waals surface area contributed by atoms with E-state index in [4.69, 9.17) is 4.98 Å². The largest absolute Gasteiger partial charge is 0.342 e. The number of para-hydroxylation sites is 1. The Morgan fingerprint density at radius 3 is 2.52 bits per heavy atom. The zero-order chi connectivity index (χ0) is 27.6. The third kappa shape index (κ3) is 4.48. The number of pyridine rings is 1. The van der Waals surface area contributed by atoms with Crippen LogP contribution in [0.5, 0.6) is 0 Å². The van der Waals surface area contributed by atoms with Gasteiger partial charge in [-0.15, -0.1) is 0 Å². The fraction of sp³-hybridized carbons (Fsp3) is 0.0968. The minimum Gasteiger partial charge on any atom is -0.342 e. The highest BCUT2D eigenvalue weighted by Crippen LogP contribution is 2.21. The number of amides is 1. The van der Waals surface area contributed by atoms with Gasteiger partial charge in [-0.1, -0.05) is 36.3 Å². The summed E-state index contributed by atoms with van der Waals surface area (Å²) in [6, 6.07) is 21.2. The second-order valence-corrected chi connectivity index (χ2v) is 9.15. The van der Waals surface area contributed by atoms with E-state index in [1.54, 1.807) is 55.2 Å². The van der Waals surface area contributed by atoms with E-state index in [9.17, 15) is 9.59 Å². The second-order valence-electron chi connectivity index (χ2n) is 9.15. The number of carbonyl (C=O) groups is 1. The number of hydrogen-bond acceptors (Lipinski definition) is 6. The number of rotatable bonds is 4. The topological polar surface area (TPSA) is 107 Å². The lowest BCUT2D eigenvalue weighted by Gasteiger charge is -2.20. The number of aryl methyl sites for hydroxylation is 1. The summed E-state index contributed by atoms with van der Waals surface area (Å²) >= 11 is 0. The second kappa shape index (κ2) is 10.3. The summed E-state index contributed by atoms with van der Waals surface area (Å²) in [5.74, 6) is 6.15. The molecule has 0 saturated carbocycles. The van der Waals surface area contributed by atoms with E-state index in [-0.39, 0.29) is 11.5 Å². The summed E-state index contributed by atoms with van der Waals surface area (Å²) in [4.78, 5) is 41.0. The molecule has 9 heteroatoms. The molecule has 1 amide bonds. The van der Waals surface area contributed by atoms with E-state index in [1.807, 2.05) is 54.6 Å². The summed E-state index contributed by atoms with van der Waals surface area (Å²) in [5.41, 5.74) is 3.33. The summed E-state index contributed by atoms with van der Waals surface area (Å²) in [5, 5.41) is 7.78. The van der Waals surface area contributed by atoms with Crippen LogP contribution in [0.25, 0.3) is 22.2 Å². The quantitative estimate of drug-likeness (QED) is 0.349. The SMILES string of the molecule is Cc1nn2cccnc2c1C(=O)N[C@@H](C)c1nc2cccc(C#Cc3ccccn3)c2c(=O)n1-c1ccccc1. The minimum absolute atomic E-state index is 0.285. The van der Waals surface area contributed by atoms with Gasteiger partial charge < -0.3 is 5.32 Å². The first-order valence-electron chi connectivity index (χ1n) is 12.7. The monoisotopic (exact) mass is 525 g/mol. The molecule has 0 fully saturated rings. The Bertz CT molecular complexity index is 2000. The highest BCUT2D eigenvalue weighted by atomic mass is 16.2. The van der Waals surface area contributed by atoms with Gasteiger partial charge in [-0.3, -0.25) is 14.2 Å². The van der Waals surface area contributed by atoms with Gasteiger partial charge in [0.2, 0.25) is 0 Å². The number of nitrogens with zero attached hydrogens (tertiary/aromatic N) is 6. The van der Waals surface area contributed by atoms with Gasteiger partial charge in [-0.2, -0.15) is 5.10 Å². The van der Waals surface area contributed by atoms with Gasteiger partial charge in [-0.25, -0.2) is 19.5 Å². The molecule has 4 heterocycles. The van der Waals surface area contributed by atoms with Crippen LogP contribution in [-0.2, 0) is 0 Å². The van der Waals surface area contributed by atoms with Crippen molar-refractivity contribution in [3.63, 3.8) is 0 Å². The van der Waals surface area contributed by atoms with Crippen LogP contribution in [0.15, 0.2) is 96.2 Å². The van der Waals surface area contributed by atoms with Gasteiger partial charge in [0, 0.05) is 24.2 Å². The number of fused-ring (bicyclic) bond motifs is 2. The van der Waals surface area contributed by atoms with Gasteiger partial charge in [0.05, 0.1) is 28.3 Å². The van der Waals surface area contributed by atoms with Crippen molar-refractivity contribution in [1.29, 1.82) is 0 Å². The van der Waals surface area contributed by atoms with E-state index in [1.165, 1.54) is 4.57 Å². The normalized spacial score (nSPS) is 11.7. The molecule has 2 aromatic carbocycles. The molecule has 194 valence electrons. The molecule has 4 aromatic heterocycles. The van der Waals surface area contributed by atoms with E-state index in [0.717, 1.165) is 0 Å². The lowest BCUT2D eigenvalue weighted by molar-refractivity contribution is 0.0938. The first-order valence-corrected chi connectivity index (χ1v) is 12.7. The predicted octanol–water partition coefficient (Wildman–Crippen LogP) is 4.02. The molecule has 6 rings (SSSR count). The van der Waals surface area contributed by atoms with Gasteiger partial charge in [0.15, 0.2) is 5.65 Å². The lowest BCUT2D eigenvalue weighted by atomic mass is 10.1. The van der Waals surface area contributed by atoms with Crippen molar-refractivity contribution < 1.29 is 4.79 Å². The molecule has 0 spiro atoms. The van der Waals surface area contributed by atoms with Gasteiger partial charge >= 0.3 is 0 Å². The first kappa shape index (κ1) is 24.7. The molecular weight excluding hydrogens is 502 g/mol. The molecule has 6 aromatic rings. The van der Waals surface area contributed by atoms with Crippen LogP contribution in [0, 0.1) is 18.8 Å². The maximum atomic E-state index is 14.1. The van der Waals surface area contributed by atoms with Gasteiger partial charge in [-0.05, 0) is 62.2 Å². The Kier molecular flexibility index (Phi) is 6.34. The predicted molar refractivity (Wildman–Crippen MR) is 151 cm³/mol. The van der Waals surface area contributed by atoms with Crippen LogP contribution in [0.3, 0.4) is 0 Å². The van der Waals surface area contributed by atoms with Crippen molar-refractivity contribution in [2.75, 3.05) is 0 Å². The number of carbonyl (C=O) groups excluding carboxylic acids is 1. The Balaban J connectivity index is 1.48. The highest BCUT2D eigenvalue weighted by molar-refractivity contribution is 6.01. The van der Waals surface area contributed by atoms with Crippen LogP contribution in [0.1, 0.15) is 46.1 Å². The van der Waals surface area contributed by atoms with Crippen molar-refractivity contribution in [2.45, 2.75) is 19.9 Å². The molecule has 0 aliphatic carbocycles. The standard InChI is InChI=1S/C31H23N7O2/c1-20-26(29-33-18-9-19-37(29)36-20)30(39)34-21(2)28-35-25-14-8-10-22(15-16-23-11-6-7-17-32-23)27(25)31(40)38(28)24-12-4-3-5-13-24/h3-14,17-19,21H,1-2H3,(H,34,39)/t21-/m0/s1. The summed E-state index contributed by atoms with van der Waals surface area (Å²) in [6.07, 6.45) is 5.02. The summed E-state index contributed by atoms with van der Waals surface area (Å²) in [6.45, 7) is 3.56. The van der Waals surface area contributed by atoms with Crippen LogP contribution in [0.4, 0.5) is 0 Å². The van der Waals surface area contributed by atoms with Crippen molar-refractivity contribution in [3.8, 4) is 17.5 Å². The van der Waals surface area contributed by atoms with Crippen molar-refractivity contribution in [3.05, 3.63) is 130 Å². The molecule has 0 unspecified atom stereocenters. The smallest absolute Gasteiger partial charge is 0.267 e. The molecule has 0 saturated heterocycles. The molecule has 40 heavy (non-hydrogen) atoms. The van der Waals surface area contributed by atoms with Crippen LogP contribution < -0.4 is 10.9 Å². The van der Waals surface area contributed by atoms with Crippen LogP contribution in [-0.4, -0.2) is 35.0 Å². The van der Waals surface area contributed by atoms with Crippen LogP contribution >= 0.6 is 0 Å². The third-order valence-electron chi connectivity index (χ3n) is 6.46. The Morgan fingerprint density at radius 1 is 0.925 bits per heavy atom. The lowest BCUT2D eigenvalue weighted by Crippen LogP contribution is -2.33. The Labute approximate surface area is 229 Å². The molecule has 0 aliphatic heterocycles. The Morgan fingerprint density at radius 2 is 1.73 bits per heavy atom. The zero-order valence-corrected chi connectivity index (χ0v) is 21.7. The first-order chi connectivity index (χ1) is 19.5. The average Bonchev–Trinajstić information content (AvgIpc) is 3.32. The van der Waals surface area contributed by atoms with Gasteiger partial charge in [0.1, 0.15) is 17.1 Å². The van der Waals surface area contributed by atoms with E-state index < -0.39 is 6.04 Å². The van der Waals surface area contributed by atoms with Crippen LogP contribution in [0.2, 0.25) is 0 Å². The molecule has 0 aliphatic rings. The maximum Gasteiger partial charge on any atom is 0.267 e. The molecular formula is C31H23N7O2. The number of nitrogens with one attached hydrogen (secondary N) is 1.